The maximum atomic E-state index is 13.5. The Bertz CT molecular complexity index is 1490. The Balaban J connectivity index is 1.39. The lowest BCUT2D eigenvalue weighted by Gasteiger charge is -2.08. The molecule has 0 aliphatic carbocycles. The number of nitrogens with zero attached hydrogens (tertiary/aromatic N) is 3. The molecule has 0 bridgehead atoms. The lowest BCUT2D eigenvalue weighted by Crippen LogP contribution is -2.26. The molecule has 5 nitrogen and oxygen atoms in total. The maximum Gasteiger partial charge on any atom is 0.261 e. The zero-order valence-electron chi connectivity index (χ0n) is 20.2. The molecule has 4 aromatic rings. The lowest BCUT2D eigenvalue weighted by atomic mass is 10.1. The van der Waals surface area contributed by atoms with Crippen LogP contribution in [0.2, 0.25) is 0 Å². The highest BCUT2D eigenvalue weighted by Gasteiger charge is 2.12. The van der Waals surface area contributed by atoms with E-state index in [1.165, 1.54) is 22.9 Å². The third kappa shape index (κ3) is 6.16. The first kappa shape index (κ1) is 25.1. The quantitative estimate of drug-likeness (QED) is 0.272. The van der Waals surface area contributed by atoms with Crippen LogP contribution in [0.1, 0.15) is 54.0 Å². The summed E-state index contributed by atoms with van der Waals surface area (Å²) in [6, 6.07) is 12.5. The summed E-state index contributed by atoms with van der Waals surface area (Å²) >= 11 is 0. The van der Waals surface area contributed by atoms with Gasteiger partial charge in [0.2, 0.25) is 0 Å². The highest BCUT2D eigenvalue weighted by atomic mass is 19.2. The zero-order chi connectivity index (χ0) is 25.7. The first-order chi connectivity index (χ1) is 17.3. The summed E-state index contributed by atoms with van der Waals surface area (Å²) in [5.74, 6) is -0.867. The van der Waals surface area contributed by atoms with Crippen molar-refractivity contribution in [3.05, 3.63) is 112 Å². The Morgan fingerprint density at radius 1 is 1.08 bits per heavy atom. The van der Waals surface area contributed by atoms with Crippen LogP contribution >= 0.6 is 0 Å². The first-order valence-corrected chi connectivity index (χ1v) is 11.9. The summed E-state index contributed by atoms with van der Waals surface area (Å²) in [6.07, 6.45) is 8.67. The second-order valence-electron chi connectivity index (χ2n) is 9.17. The number of hydrogen-bond donors (Lipinski definition) is 0. The fourth-order valence-corrected chi connectivity index (χ4v) is 3.93. The van der Waals surface area contributed by atoms with Gasteiger partial charge >= 0.3 is 0 Å². The van der Waals surface area contributed by atoms with E-state index in [1.807, 2.05) is 36.5 Å². The molecule has 0 atom stereocenters. The largest absolute Gasteiger partial charge is 0.310 e. The monoisotopic (exact) mass is 487 g/mol. The van der Waals surface area contributed by atoms with Crippen molar-refractivity contribution in [2.75, 3.05) is 0 Å². The fourth-order valence-electron chi connectivity index (χ4n) is 3.93. The van der Waals surface area contributed by atoms with Gasteiger partial charge in [-0.05, 0) is 59.9 Å². The summed E-state index contributed by atoms with van der Waals surface area (Å²) in [5.41, 5.74) is 1.93. The molecule has 0 radical (unpaired) electrons. The molecule has 184 valence electrons. The third-order valence-corrected chi connectivity index (χ3v) is 5.75. The molecule has 0 amide bonds. The Kier molecular flexibility index (Phi) is 7.78. The number of rotatable bonds is 9. The van der Waals surface area contributed by atoms with Gasteiger partial charge in [0.05, 0.1) is 17.6 Å². The van der Waals surface area contributed by atoms with Crippen molar-refractivity contribution in [3.63, 3.8) is 0 Å². The van der Waals surface area contributed by atoms with Crippen LogP contribution in [0, 0.1) is 17.6 Å². The molecular formula is C29H27F2N3O2. The average Bonchev–Trinajstić information content (AvgIpc) is 2.85. The van der Waals surface area contributed by atoms with Crippen LogP contribution in [0.25, 0.3) is 17.0 Å². The van der Waals surface area contributed by atoms with Crippen LogP contribution in [0.4, 0.5) is 8.78 Å². The van der Waals surface area contributed by atoms with Crippen molar-refractivity contribution >= 4 is 22.8 Å². The number of allylic oxidation sites excluding steroid dienone is 1. The number of carbonyl (C=O) groups is 1. The normalized spacial score (nSPS) is 11.6. The molecule has 0 fully saturated rings. The molecule has 4 rings (SSSR count). The molecule has 0 N–H and O–H groups in total. The van der Waals surface area contributed by atoms with Gasteiger partial charge in [-0.15, -0.1) is 0 Å². The summed E-state index contributed by atoms with van der Waals surface area (Å²) in [5, 5.41) is 0.951. The van der Waals surface area contributed by atoms with E-state index in [1.54, 1.807) is 6.07 Å². The first-order valence-electron chi connectivity index (χ1n) is 11.9. The van der Waals surface area contributed by atoms with Crippen molar-refractivity contribution in [3.8, 4) is 0 Å². The average molecular weight is 488 g/mol. The van der Waals surface area contributed by atoms with Gasteiger partial charge in [-0.2, -0.15) is 0 Å². The number of pyridine rings is 1. The van der Waals surface area contributed by atoms with Gasteiger partial charge in [0, 0.05) is 30.6 Å². The summed E-state index contributed by atoms with van der Waals surface area (Å²) in [4.78, 5) is 34.5. The predicted octanol–water partition coefficient (Wildman–Crippen LogP) is 5.99. The van der Waals surface area contributed by atoms with Crippen molar-refractivity contribution < 1.29 is 13.6 Å². The minimum Gasteiger partial charge on any atom is -0.310 e. The van der Waals surface area contributed by atoms with Gasteiger partial charge in [-0.1, -0.05) is 38.1 Å². The Morgan fingerprint density at radius 2 is 1.92 bits per heavy atom. The van der Waals surface area contributed by atoms with E-state index < -0.39 is 17.2 Å². The van der Waals surface area contributed by atoms with Gasteiger partial charge in [0.1, 0.15) is 5.82 Å². The number of Topliss-reactive ketones (excluding diaryl/α,β-unsaturated/α-hetero) is 1. The minimum absolute atomic E-state index is 0.0434. The van der Waals surface area contributed by atoms with E-state index in [9.17, 15) is 18.4 Å². The number of benzene rings is 2. The highest BCUT2D eigenvalue weighted by Crippen LogP contribution is 2.16. The summed E-state index contributed by atoms with van der Waals surface area (Å²) < 4.78 is 28.0. The molecule has 0 saturated heterocycles. The Morgan fingerprint density at radius 3 is 2.69 bits per heavy atom. The van der Waals surface area contributed by atoms with E-state index in [0.717, 1.165) is 40.8 Å². The molecule has 2 aromatic heterocycles. The summed E-state index contributed by atoms with van der Waals surface area (Å²) in [7, 11) is 0. The van der Waals surface area contributed by atoms with Crippen LogP contribution in [0.3, 0.4) is 0 Å². The Hall–Kier alpha value is -4.00. The number of fused-ring (bicyclic) bond motifs is 1. The van der Waals surface area contributed by atoms with Crippen LogP contribution < -0.4 is 5.56 Å². The van der Waals surface area contributed by atoms with E-state index >= 15 is 0 Å². The van der Waals surface area contributed by atoms with Crippen molar-refractivity contribution in [2.45, 2.75) is 39.7 Å². The fraction of sp³-hybridized carbons (Fsp3) is 0.241. The Labute approximate surface area is 208 Å². The van der Waals surface area contributed by atoms with Crippen LogP contribution in [-0.2, 0) is 13.0 Å². The number of ketones is 1. The molecule has 0 unspecified atom stereocenters. The highest BCUT2D eigenvalue weighted by molar-refractivity contribution is 5.95. The molecule has 36 heavy (non-hydrogen) atoms. The zero-order valence-corrected chi connectivity index (χ0v) is 20.2. The lowest BCUT2D eigenvalue weighted by molar-refractivity contribution is 0.0981. The number of aromatic nitrogens is 3. The molecule has 0 aliphatic heterocycles. The van der Waals surface area contributed by atoms with E-state index in [2.05, 4.69) is 23.8 Å². The topological polar surface area (TPSA) is 64.8 Å². The third-order valence-electron chi connectivity index (χ3n) is 5.75. The summed E-state index contributed by atoms with van der Waals surface area (Å²) in [6.45, 7) is 4.31. The number of hydrogen-bond acceptors (Lipinski definition) is 4. The van der Waals surface area contributed by atoms with Gasteiger partial charge < -0.3 is 4.57 Å². The molecular weight excluding hydrogens is 460 g/mol. The smallest absolute Gasteiger partial charge is 0.261 e. The second-order valence-corrected chi connectivity index (χ2v) is 9.17. The van der Waals surface area contributed by atoms with Gasteiger partial charge in [-0.3, -0.25) is 9.59 Å². The van der Waals surface area contributed by atoms with E-state index in [-0.39, 0.29) is 24.3 Å². The molecule has 0 spiro atoms. The standard InChI is InChI=1S/C29H27F2N3O2/c1-19(2)14-28-32-17-22-15-20(10-12-26(22)33-28)6-3-4-8-27(35)23-7-5-13-34(29(23)36)18-21-9-11-24(30)25(31)16-21/h3,5-7,9-13,15-17,19H,4,8,14,18H2,1-2H3/b6-3+. The SMILES string of the molecule is CC(C)Cc1ncc2cc(/C=C/CCC(=O)c3cccn(Cc4ccc(F)c(F)c4)c3=O)ccc2n1. The molecule has 0 saturated carbocycles. The van der Waals surface area contributed by atoms with Crippen LogP contribution in [0.15, 0.2) is 71.8 Å². The van der Waals surface area contributed by atoms with E-state index in [0.29, 0.717) is 17.9 Å². The van der Waals surface area contributed by atoms with Crippen LogP contribution in [0.5, 0.6) is 0 Å². The minimum atomic E-state index is -0.977. The van der Waals surface area contributed by atoms with Gasteiger partial charge in [0.25, 0.3) is 5.56 Å². The van der Waals surface area contributed by atoms with Crippen LogP contribution in [-0.4, -0.2) is 20.3 Å². The number of carbonyl (C=O) groups excluding carboxylic acids is 1. The van der Waals surface area contributed by atoms with Gasteiger partial charge in [0.15, 0.2) is 17.4 Å². The van der Waals surface area contributed by atoms with Crippen molar-refractivity contribution in [1.82, 2.24) is 14.5 Å². The van der Waals surface area contributed by atoms with Gasteiger partial charge in [-0.25, -0.2) is 18.7 Å². The second kappa shape index (κ2) is 11.2. The molecule has 2 aromatic carbocycles. The predicted molar refractivity (Wildman–Crippen MR) is 137 cm³/mol. The van der Waals surface area contributed by atoms with E-state index in [4.69, 9.17) is 0 Å². The molecule has 7 heteroatoms. The van der Waals surface area contributed by atoms with Crippen molar-refractivity contribution in [2.24, 2.45) is 5.92 Å². The molecule has 2 heterocycles. The number of halogens is 2. The van der Waals surface area contributed by atoms with Crippen molar-refractivity contribution in [1.29, 1.82) is 0 Å². The molecule has 0 aliphatic rings. The maximum absolute atomic E-state index is 13.5.